The largest absolute Gasteiger partial charge is 0.396 e. The molecule has 18 heavy (non-hydrogen) atoms. The van der Waals surface area contributed by atoms with Crippen molar-refractivity contribution in [1.82, 2.24) is 4.98 Å². The molecule has 3 N–H and O–H groups in total. The van der Waals surface area contributed by atoms with E-state index < -0.39 is 0 Å². The number of carbonyl (C=O) groups excluding carboxylic acids is 1. The molecule has 4 nitrogen and oxygen atoms in total. The normalized spacial score (nSPS) is 10.7. The lowest BCUT2D eigenvalue weighted by molar-refractivity contribution is 0.103. The molecule has 1 amide bonds. The minimum absolute atomic E-state index is 0.172. The van der Waals surface area contributed by atoms with E-state index in [4.69, 9.17) is 5.73 Å². The van der Waals surface area contributed by atoms with Gasteiger partial charge in [-0.1, -0.05) is 0 Å². The first-order chi connectivity index (χ1) is 8.74. The van der Waals surface area contributed by atoms with Crippen molar-refractivity contribution >= 4 is 49.5 Å². The summed E-state index contributed by atoms with van der Waals surface area (Å²) in [6.07, 6.45) is 1.60. The smallest absolute Gasteiger partial charge is 0.267 e. The van der Waals surface area contributed by atoms with E-state index in [2.05, 4.69) is 10.3 Å². The van der Waals surface area contributed by atoms with E-state index in [-0.39, 0.29) is 5.91 Å². The maximum absolute atomic E-state index is 12.0. The minimum atomic E-state index is -0.172. The van der Waals surface area contributed by atoms with Gasteiger partial charge in [-0.15, -0.1) is 22.7 Å². The van der Waals surface area contributed by atoms with Crippen molar-refractivity contribution in [3.8, 4) is 0 Å². The fourth-order valence-corrected chi connectivity index (χ4v) is 3.57. The monoisotopic (exact) mass is 275 g/mol. The number of nitrogens with zero attached hydrogens (tertiary/aromatic N) is 1. The Morgan fingerprint density at radius 1 is 1.33 bits per heavy atom. The summed E-state index contributed by atoms with van der Waals surface area (Å²) in [5.41, 5.74) is 6.19. The number of rotatable bonds is 2. The first kappa shape index (κ1) is 11.2. The number of hydrogen-bond donors (Lipinski definition) is 2. The van der Waals surface area contributed by atoms with Gasteiger partial charge in [0.15, 0.2) is 5.82 Å². The Labute approximate surface area is 111 Å². The molecule has 0 aliphatic heterocycles. The molecule has 0 aromatic carbocycles. The predicted octanol–water partition coefficient (Wildman–Crippen LogP) is 3.19. The number of aromatic nitrogens is 1. The zero-order chi connectivity index (χ0) is 12.5. The highest BCUT2D eigenvalue weighted by Crippen LogP contribution is 2.30. The van der Waals surface area contributed by atoms with Gasteiger partial charge in [-0.2, -0.15) is 0 Å². The van der Waals surface area contributed by atoms with Gasteiger partial charge in [-0.25, -0.2) is 4.98 Å². The number of nitrogens with two attached hydrogens (primary N) is 1. The second-order valence-corrected chi connectivity index (χ2v) is 5.69. The van der Waals surface area contributed by atoms with Gasteiger partial charge in [0.2, 0.25) is 0 Å². The maximum Gasteiger partial charge on any atom is 0.267 e. The van der Waals surface area contributed by atoms with E-state index in [0.29, 0.717) is 16.4 Å². The van der Waals surface area contributed by atoms with Crippen LogP contribution in [-0.4, -0.2) is 10.9 Å². The molecular weight excluding hydrogens is 266 g/mol. The number of carbonyl (C=O) groups is 1. The number of thiophene rings is 2. The molecule has 6 heteroatoms. The van der Waals surface area contributed by atoms with Crippen LogP contribution in [0, 0.1) is 0 Å². The summed E-state index contributed by atoms with van der Waals surface area (Å²) in [5.74, 6) is 0.230. The first-order valence-corrected chi connectivity index (χ1v) is 6.92. The molecule has 0 aliphatic carbocycles. The van der Waals surface area contributed by atoms with E-state index in [0.717, 1.165) is 9.40 Å². The van der Waals surface area contributed by atoms with Crippen LogP contribution in [-0.2, 0) is 0 Å². The number of amides is 1. The molecule has 0 saturated carbocycles. The third kappa shape index (κ3) is 1.96. The van der Waals surface area contributed by atoms with E-state index in [1.165, 1.54) is 11.3 Å². The molecule has 90 valence electrons. The van der Waals surface area contributed by atoms with Crippen LogP contribution in [0.1, 0.15) is 9.67 Å². The molecule has 0 bridgehead atoms. The Morgan fingerprint density at radius 3 is 3.00 bits per heavy atom. The summed E-state index contributed by atoms with van der Waals surface area (Å²) in [7, 11) is 0. The summed E-state index contributed by atoms with van der Waals surface area (Å²) in [6, 6.07) is 7.33. The Balaban J connectivity index is 1.87. The first-order valence-electron chi connectivity index (χ1n) is 5.23. The Kier molecular flexibility index (Phi) is 2.73. The summed E-state index contributed by atoms with van der Waals surface area (Å²) in [4.78, 5) is 16.7. The summed E-state index contributed by atoms with van der Waals surface area (Å²) in [5, 5.41) is 4.73. The van der Waals surface area contributed by atoms with Gasteiger partial charge in [0.1, 0.15) is 0 Å². The predicted molar refractivity (Wildman–Crippen MR) is 76.3 cm³/mol. The quantitative estimate of drug-likeness (QED) is 0.754. The molecule has 3 aromatic heterocycles. The fraction of sp³-hybridized carbons (Fsp3) is 0. The van der Waals surface area contributed by atoms with Gasteiger partial charge in [-0.05, 0) is 29.6 Å². The number of nitrogens with one attached hydrogen (secondary N) is 1. The molecule has 0 atom stereocenters. The zero-order valence-corrected chi connectivity index (χ0v) is 10.8. The average molecular weight is 275 g/mol. The van der Waals surface area contributed by atoms with Crippen LogP contribution in [0.4, 0.5) is 11.5 Å². The average Bonchev–Trinajstić information content (AvgIpc) is 2.92. The highest BCUT2D eigenvalue weighted by Gasteiger charge is 2.12. The molecule has 3 heterocycles. The summed E-state index contributed by atoms with van der Waals surface area (Å²) >= 11 is 3.09. The molecule has 0 unspecified atom stereocenters. The molecule has 0 radical (unpaired) electrons. The fourth-order valence-electron chi connectivity index (χ4n) is 1.57. The van der Waals surface area contributed by atoms with Crippen LogP contribution < -0.4 is 11.1 Å². The van der Waals surface area contributed by atoms with Crippen LogP contribution >= 0.6 is 22.7 Å². The maximum atomic E-state index is 12.0. The molecular formula is C12H9N3OS2. The molecule has 0 aliphatic rings. The second-order valence-electron chi connectivity index (χ2n) is 3.66. The van der Waals surface area contributed by atoms with Crippen LogP contribution in [0.3, 0.4) is 0 Å². The van der Waals surface area contributed by atoms with Gasteiger partial charge in [0, 0.05) is 15.6 Å². The number of fused-ring (bicyclic) bond motifs is 1. The molecule has 3 rings (SSSR count). The number of nitrogen functional groups attached to an aromatic ring is 1. The van der Waals surface area contributed by atoms with Crippen molar-refractivity contribution in [2.75, 3.05) is 11.1 Å². The molecule has 0 saturated heterocycles. The number of anilines is 2. The highest BCUT2D eigenvalue weighted by molar-refractivity contribution is 7.27. The number of hydrogen-bond acceptors (Lipinski definition) is 5. The third-order valence-corrected chi connectivity index (χ3v) is 4.53. The molecule has 0 fully saturated rings. The van der Waals surface area contributed by atoms with Crippen LogP contribution in [0.2, 0.25) is 0 Å². The van der Waals surface area contributed by atoms with Crippen molar-refractivity contribution in [3.63, 3.8) is 0 Å². The zero-order valence-electron chi connectivity index (χ0n) is 9.21. The van der Waals surface area contributed by atoms with Gasteiger partial charge in [0.05, 0.1) is 10.6 Å². The Morgan fingerprint density at radius 2 is 2.22 bits per heavy atom. The SMILES string of the molecule is Nc1cccnc1NC(=O)c1cc2sccc2s1. The van der Waals surface area contributed by atoms with Gasteiger partial charge in [0.25, 0.3) is 5.91 Å². The van der Waals surface area contributed by atoms with Crippen LogP contribution in [0.15, 0.2) is 35.8 Å². The molecule has 0 spiro atoms. The van der Waals surface area contributed by atoms with Crippen molar-refractivity contribution in [1.29, 1.82) is 0 Å². The van der Waals surface area contributed by atoms with E-state index >= 15 is 0 Å². The summed E-state index contributed by atoms with van der Waals surface area (Å²) < 4.78 is 2.25. The lowest BCUT2D eigenvalue weighted by Gasteiger charge is -2.04. The lowest BCUT2D eigenvalue weighted by atomic mass is 10.3. The minimum Gasteiger partial charge on any atom is -0.396 e. The number of pyridine rings is 1. The highest BCUT2D eigenvalue weighted by atomic mass is 32.1. The van der Waals surface area contributed by atoms with E-state index in [9.17, 15) is 4.79 Å². The van der Waals surface area contributed by atoms with Crippen molar-refractivity contribution in [2.45, 2.75) is 0 Å². The van der Waals surface area contributed by atoms with Crippen LogP contribution in [0.5, 0.6) is 0 Å². The molecule has 3 aromatic rings. The Bertz CT molecular complexity index is 688. The van der Waals surface area contributed by atoms with Crippen LogP contribution in [0.25, 0.3) is 9.40 Å². The van der Waals surface area contributed by atoms with E-state index in [1.54, 1.807) is 29.7 Å². The second kappa shape index (κ2) is 4.40. The van der Waals surface area contributed by atoms with Gasteiger partial charge >= 0.3 is 0 Å². The summed E-state index contributed by atoms with van der Waals surface area (Å²) in [6.45, 7) is 0. The van der Waals surface area contributed by atoms with Crippen molar-refractivity contribution < 1.29 is 4.79 Å². The lowest BCUT2D eigenvalue weighted by Crippen LogP contribution is -2.12. The van der Waals surface area contributed by atoms with Gasteiger partial charge in [-0.3, -0.25) is 4.79 Å². The third-order valence-electron chi connectivity index (χ3n) is 2.43. The van der Waals surface area contributed by atoms with E-state index in [1.807, 2.05) is 17.5 Å². The van der Waals surface area contributed by atoms with Crippen molar-refractivity contribution in [2.24, 2.45) is 0 Å². The van der Waals surface area contributed by atoms with Gasteiger partial charge < -0.3 is 11.1 Å². The van der Waals surface area contributed by atoms with Crippen molar-refractivity contribution in [3.05, 3.63) is 40.7 Å². The topological polar surface area (TPSA) is 68.0 Å². The standard InChI is InChI=1S/C12H9N3OS2/c13-7-2-1-4-14-11(7)15-12(16)10-6-9-8(18-10)3-5-17-9/h1-6H,13H2,(H,14,15,16). The Hall–Kier alpha value is -1.92.